The number of rotatable bonds is 4. The summed E-state index contributed by atoms with van der Waals surface area (Å²) in [4.78, 5) is 11.6. The number of aliphatic hydroxyl groups is 1. The normalized spacial score (nSPS) is 33.0. The molecule has 2 saturated heterocycles. The molecule has 0 bridgehead atoms. The van der Waals surface area contributed by atoms with Crippen LogP contribution < -0.4 is 14.8 Å². The summed E-state index contributed by atoms with van der Waals surface area (Å²) in [5, 5.41) is 13.5. The Morgan fingerprint density at radius 2 is 1.92 bits per heavy atom. The molecule has 2 heterocycles. The van der Waals surface area contributed by atoms with Gasteiger partial charge < -0.3 is 34.1 Å². The van der Waals surface area contributed by atoms with E-state index in [2.05, 4.69) is 5.32 Å². The largest absolute Gasteiger partial charge is 0.497 e. The van der Waals surface area contributed by atoms with Crippen LogP contribution in [0.25, 0.3) is 0 Å². The van der Waals surface area contributed by atoms with Crippen LogP contribution in [-0.4, -0.2) is 61.2 Å². The summed E-state index contributed by atoms with van der Waals surface area (Å²) in [6, 6.07) is 6.16. The van der Waals surface area contributed by atoms with Gasteiger partial charge in [-0.05, 0) is 38.1 Å². The van der Waals surface area contributed by atoms with Crippen molar-refractivity contribution in [2.24, 2.45) is 0 Å². The van der Waals surface area contributed by atoms with Crippen molar-refractivity contribution < 1.29 is 33.6 Å². The van der Waals surface area contributed by atoms with Gasteiger partial charge in [-0.15, -0.1) is 0 Å². The molecule has 2 aliphatic rings. The first-order chi connectivity index (χ1) is 12.3. The molecule has 1 amide bonds. The summed E-state index contributed by atoms with van der Waals surface area (Å²) in [6.45, 7) is 5.16. The van der Waals surface area contributed by atoms with E-state index in [1.807, 2.05) is 0 Å². The Labute approximate surface area is 152 Å². The summed E-state index contributed by atoms with van der Waals surface area (Å²) in [7, 11) is 1.58. The van der Waals surface area contributed by atoms with Crippen molar-refractivity contribution in [2.45, 2.75) is 57.2 Å². The number of methoxy groups -OCH3 is 1. The van der Waals surface area contributed by atoms with Gasteiger partial charge in [-0.25, -0.2) is 0 Å². The fraction of sp³-hybridized carbons (Fsp3) is 0.611. The standard InChI is InChI=1S/C18H25NO7/c1-10(20)19-14-15(21)16-13(9-23-18(2,3)26-16)25-17(14)24-12-7-5-11(22-4)6-8-12/h5-8,13-17,21H,9H2,1-4H3,(H,19,20)/t13-,14-,15-,16+,17-/m1/s1. The van der Waals surface area contributed by atoms with Gasteiger partial charge in [0.2, 0.25) is 12.2 Å². The van der Waals surface area contributed by atoms with E-state index in [4.69, 9.17) is 23.7 Å². The molecule has 0 aliphatic carbocycles. The molecule has 0 spiro atoms. The highest BCUT2D eigenvalue weighted by Crippen LogP contribution is 2.33. The summed E-state index contributed by atoms with van der Waals surface area (Å²) in [5.74, 6) is 0.0768. The summed E-state index contributed by atoms with van der Waals surface area (Å²) < 4.78 is 28.4. The van der Waals surface area contributed by atoms with Gasteiger partial charge >= 0.3 is 0 Å². The molecule has 0 saturated carbocycles. The molecule has 26 heavy (non-hydrogen) atoms. The molecule has 0 aromatic heterocycles. The number of aliphatic hydroxyl groups excluding tert-OH is 1. The molecule has 2 fully saturated rings. The number of hydrogen-bond acceptors (Lipinski definition) is 7. The Bertz CT molecular complexity index is 633. The molecule has 3 rings (SSSR count). The monoisotopic (exact) mass is 367 g/mol. The lowest BCUT2D eigenvalue weighted by atomic mass is 9.95. The average Bonchev–Trinajstić information content (AvgIpc) is 2.59. The topological polar surface area (TPSA) is 95.5 Å². The van der Waals surface area contributed by atoms with Crippen LogP contribution in [-0.2, 0) is 19.0 Å². The van der Waals surface area contributed by atoms with Crippen LogP contribution >= 0.6 is 0 Å². The zero-order valence-corrected chi connectivity index (χ0v) is 15.3. The first kappa shape index (κ1) is 18.9. The lowest BCUT2D eigenvalue weighted by Gasteiger charge is -2.49. The number of ether oxygens (including phenoxy) is 5. The van der Waals surface area contributed by atoms with Crippen molar-refractivity contribution in [3.63, 3.8) is 0 Å². The van der Waals surface area contributed by atoms with Gasteiger partial charge in [0.25, 0.3) is 0 Å². The van der Waals surface area contributed by atoms with E-state index < -0.39 is 36.4 Å². The molecule has 8 nitrogen and oxygen atoms in total. The molecule has 5 atom stereocenters. The van der Waals surface area contributed by atoms with Gasteiger partial charge in [-0.2, -0.15) is 0 Å². The summed E-state index contributed by atoms with van der Waals surface area (Å²) >= 11 is 0. The Hall–Kier alpha value is -1.87. The minimum absolute atomic E-state index is 0.254. The maximum Gasteiger partial charge on any atom is 0.223 e. The summed E-state index contributed by atoms with van der Waals surface area (Å²) in [6.07, 6.45) is -3.04. The average molecular weight is 367 g/mol. The van der Waals surface area contributed by atoms with Crippen LogP contribution in [0.5, 0.6) is 11.5 Å². The second-order valence-corrected chi connectivity index (χ2v) is 6.85. The van der Waals surface area contributed by atoms with Crippen LogP contribution in [0, 0.1) is 0 Å². The number of carbonyl (C=O) groups is 1. The van der Waals surface area contributed by atoms with Crippen LogP contribution in [0.2, 0.25) is 0 Å². The first-order valence-corrected chi connectivity index (χ1v) is 8.52. The van der Waals surface area contributed by atoms with Gasteiger partial charge in [0.15, 0.2) is 5.79 Å². The highest BCUT2D eigenvalue weighted by molar-refractivity contribution is 5.73. The molecule has 0 unspecified atom stereocenters. The molecule has 1 aromatic rings. The molecular weight excluding hydrogens is 342 g/mol. The van der Waals surface area contributed by atoms with Gasteiger partial charge in [0.1, 0.15) is 35.9 Å². The first-order valence-electron chi connectivity index (χ1n) is 8.52. The molecule has 144 valence electrons. The quantitative estimate of drug-likeness (QED) is 0.813. The lowest BCUT2D eigenvalue weighted by molar-refractivity contribution is -0.361. The zero-order chi connectivity index (χ0) is 18.9. The minimum Gasteiger partial charge on any atom is -0.497 e. The predicted octanol–water partition coefficient (Wildman–Crippen LogP) is 0.816. The molecule has 8 heteroatoms. The van der Waals surface area contributed by atoms with E-state index in [9.17, 15) is 9.90 Å². The molecule has 2 N–H and O–H groups in total. The summed E-state index contributed by atoms with van der Waals surface area (Å²) in [5.41, 5.74) is 0. The van der Waals surface area contributed by atoms with Crippen LogP contribution in [0.15, 0.2) is 24.3 Å². The molecule has 2 aliphatic heterocycles. The number of nitrogens with one attached hydrogen (secondary N) is 1. The predicted molar refractivity (Wildman–Crippen MR) is 90.8 cm³/mol. The van der Waals surface area contributed by atoms with E-state index >= 15 is 0 Å². The fourth-order valence-electron chi connectivity index (χ4n) is 3.12. The zero-order valence-electron chi connectivity index (χ0n) is 15.3. The van der Waals surface area contributed by atoms with Gasteiger partial charge in [0, 0.05) is 6.92 Å². The second-order valence-electron chi connectivity index (χ2n) is 6.85. The number of amides is 1. The Kier molecular flexibility index (Phi) is 5.38. The van der Waals surface area contributed by atoms with Crippen LogP contribution in [0.3, 0.4) is 0 Å². The lowest BCUT2D eigenvalue weighted by Crippen LogP contribution is -2.69. The van der Waals surface area contributed by atoms with E-state index in [1.165, 1.54) is 6.92 Å². The third kappa shape index (κ3) is 4.09. The Morgan fingerprint density at radius 1 is 1.27 bits per heavy atom. The van der Waals surface area contributed by atoms with Crippen molar-refractivity contribution in [3.05, 3.63) is 24.3 Å². The van der Waals surface area contributed by atoms with Crippen molar-refractivity contribution in [1.82, 2.24) is 5.32 Å². The van der Waals surface area contributed by atoms with Crippen LogP contribution in [0.1, 0.15) is 20.8 Å². The van der Waals surface area contributed by atoms with Gasteiger partial charge in [-0.1, -0.05) is 0 Å². The van der Waals surface area contributed by atoms with Gasteiger partial charge in [0.05, 0.1) is 13.7 Å². The second kappa shape index (κ2) is 7.40. The minimum atomic E-state index is -1.01. The van der Waals surface area contributed by atoms with E-state index in [1.54, 1.807) is 45.2 Å². The highest BCUT2D eigenvalue weighted by Gasteiger charge is 2.52. The molecule has 0 radical (unpaired) electrons. The van der Waals surface area contributed by atoms with E-state index in [-0.39, 0.29) is 12.5 Å². The third-order valence-electron chi connectivity index (χ3n) is 4.37. The van der Waals surface area contributed by atoms with Crippen molar-refractivity contribution in [3.8, 4) is 11.5 Å². The number of fused-ring (bicyclic) bond motifs is 1. The van der Waals surface area contributed by atoms with Gasteiger partial charge in [-0.3, -0.25) is 4.79 Å². The highest BCUT2D eigenvalue weighted by atomic mass is 16.8. The number of benzene rings is 1. The smallest absolute Gasteiger partial charge is 0.223 e. The number of carbonyl (C=O) groups excluding carboxylic acids is 1. The molecule has 1 aromatic carbocycles. The maximum atomic E-state index is 11.6. The third-order valence-corrected chi connectivity index (χ3v) is 4.37. The Morgan fingerprint density at radius 3 is 2.54 bits per heavy atom. The van der Waals surface area contributed by atoms with Crippen molar-refractivity contribution in [2.75, 3.05) is 13.7 Å². The van der Waals surface area contributed by atoms with E-state index in [0.717, 1.165) is 0 Å². The fourth-order valence-corrected chi connectivity index (χ4v) is 3.12. The maximum absolute atomic E-state index is 11.6. The number of hydrogen-bond donors (Lipinski definition) is 2. The van der Waals surface area contributed by atoms with Crippen molar-refractivity contribution in [1.29, 1.82) is 0 Å². The Balaban J connectivity index is 1.79. The van der Waals surface area contributed by atoms with Crippen LogP contribution in [0.4, 0.5) is 0 Å². The SMILES string of the molecule is COc1ccc(O[C@@H]2O[C@@H]3COC(C)(C)O[C@@H]3[C@H](O)[C@H]2NC(C)=O)cc1. The molecular formula is C18H25NO7. The van der Waals surface area contributed by atoms with Crippen molar-refractivity contribution >= 4 is 5.91 Å². The van der Waals surface area contributed by atoms with E-state index in [0.29, 0.717) is 11.5 Å².